The van der Waals surface area contributed by atoms with E-state index in [1.54, 1.807) is 10.9 Å². The zero-order chi connectivity index (χ0) is 20.8. The fraction of sp³-hybridized carbons (Fsp3) is 0.125. The lowest BCUT2D eigenvalue weighted by atomic mass is 10.1. The number of para-hydroxylation sites is 1. The van der Waals surface area contributed by atoms with Gasteiger partial charge in [0.15, 0.2) is 0 Å². The largest absolute Gasteiger partial charge is 0.457 e. The molecule has 0 saturated heterocycles. The Balaban J connectivity index is 1.39. The third-order valence-electron chi connectivity index (χ3n) is 4.65. The van der Waals surface area contributed by atoms with Crippen LogP contribution in [0.5, 0.6) is 11.5 Å². The molecule has 0 spiro atoms. The van der Waals surface area contributed by atoms with Crippen molar-refractivity contribution < 1.29 is 14.3 Å². The van der Waals surface area contributed by atoms with Crippen LogP contribution in [0.4, 0.5) is 5.69 Å². The van der Waals surface area contributed by atoms with Crippen LogP contribution in [0, 0.1) is 0 Å². The van der Waals surface area contributed by atoms with Crippen molar-refractivity contribution in [2.24, 2.45) is 0 Å². The van der Waals surface area contributed by atoms with Crippen LogP contribution >= 0.6 is 0 Å². The molecule has 4 aromatic rings. The highest BCUT2D eigenvalue weighted by Crippen LogP contribution is 2.22. The van der Waals surface area contributed by atoms with Gasteiger partial charge in [0.05, 0.1) is 18.1 Å². The molecule has 0 radical (unpaired) electrons. The quantitative estimate of drug-likeness (QED) is 0.440. The second-order valence-electron chi connectivity index (χ2n) is 6.88. The number of nitrogens with one attached hydrogen (secondary N) is 1. The minimum absolute atomic E-state index is 0.106. The second kappa shape index (κ2) is 9.05. The Morgan fingerprint density at radius 2 is 1.77 bits per heavy atom. The summed E-state index contributed by atoms with van der Waals surface area (Å²) in [6, 6.07) is 22.7. The monoisotopic (exact) mass is 399 g/mol. The van der Waals surface area contributed by atoms with Gasteiger partial charge in [0, 0.05) is 24.0 Å². The van der Waals surface area contributed by atoms with Gasteiger partial charge in [-0.05, 0) is 48.0 Å². The molecule has 6 heteroatoms. The molecule has 150 valence electrons. The molecule has 0 bridgehead atoms. The summed E-state index contributed by atoms with van der Waals surface area (Å²) in [5.74, 6) is 1.38. The lowest BCUT2D eigenvalue weighted by Gasteiger charge is -2.08. The van der Waals surface area contributed by atoms with E-state index in [0.29, 0.717) is 18.7 Å². The summed E-state index contributed by atoms with van der Waals surface area (Å²) in [6.07, 6.45) is 3.28. The first kappa shape index (κ1) is 19.4. The third kappa shape index (κ3) is 4.72. The molecule has 3 aromatic carbocycles. The molecule has 0 aliphatic rings. The molecule has 0 aliphatic carbocycles. The van der Waals surface area contributed by atoms with Crippen LogP contribution in [0.25, 0.3) is 10.9 Å². The van der Waals surface area contributed by atoms with Crippen LogP contribution in [0.3, 0.4) is 0 Å². The summed E-state index contributed by atoms with van der Waals surface area (Å²) >= 11 is 0. The van der Waals surface area contributed by atoms with E-state index in [0.717, 1.165) is 34.3 Å². The Labute approximate surface area is 174 Å². The molecule has 0 fully saturated rings. The van der Waals surface area contributed by atoms with Gasteiger partial charge < -0.3 is 14.8 Å². The van der Waals surface area contributed by atoms with Gasteiger partial charge in [-0.3, -0.25) is 9.48 Å². The van der Waals surface area contributed by atoms with E-state index in [1.807, 2.05) is 72.8 Å². The number of carbonyl (C=O) groups excluding carboxylic acids is 2. The van der Waals surface area contributed by atoms with E-state index in [4.69, 9.17) is 4.74 Å². The van der Waals surface area contributed by atoms with E-state index in [9.17, 15) is 9.59 Å². The van der Waals surface area contributed by atoms with Crippen LogP contribution in [0.2, 0.25) is 0 Å². The van der Waals surface area contributed by atoms with Gasteiger partial charge in [0.2, 0.25) is 5.91 Å². The number of benzene rings is 3. The van der Waals surface area contributed by atoms with E-state index in [2.05, 4.69) is 10.4 Å². The van der Waals surface area contributed by atoms with Gasteiger partial charge in [0.25, 0.3) is 0 Å². The van der Waals surface area contributed by atoms with Crippen LogP contribution in [0.1, 0.15) is 12.0 Å². The van der Waals surface area contributed by atoms with Crippen molar-refractivity contribution in [3.05, 3.63) is 84.6 Å². The predicted octanol–water partition coefficient (Wildman–Crippen LogP) is 4.60. The summed E-state index contributed by atoms with van der Waals surface area (Å²) in [6.45, 7) is 0.516. The van der Waals surface area contributed by atoms with Crippen LogP contribution in [0.15, 0.2) is 79.0 Å². The third-order valence-corrected chi connectivity index (χ3v) is 4.65. The average molecular weight is 399 g/mol. The number of hydrogen-bond acceptors (Lipinski definition) is 4. The molecule has 4 rings (SSSR count). The van der Waals surface area contributed by atoms with Crippen LogP contribution in [-0.2, 0) is 22.6 Å². The van der Waals surface area contributed by atoms with Crippen molar-refractivity contribution in [2.75, 3.05) is 5.32 Å². The Morgan fingerprint density at radius 3 is 2.53 bits per heavy atom. The van der Waals surface area contributed by atoms with Gasteiger partial charge >= 0.3 is 0 Å². The minimum Gasteiger partial charge on any atom is -0.457 e. The Kier molecular flexibility index (Phi) is 5.85. The normalized spacial score (nSPS) is 10.7. The number of ether oxygens (including phenoxy) is 1. The van der Waals surface area contributed by atoms with Crippen molar-refractivity contribution in [3.8, 4) is 11.5 Å². The van der Waals surface area contributed by atoms with Crippen LogP contribution in [-0.4, -0.2) is 22.0 Å². The average Bonchev–Trinajstić information content (AvgIpc) is 3.16. The molecule has 1 heterocycles. The van der Waals surface area contributed by atoms with Crippen molar-refractivity contribution >= 4 is 28.8 Å². The number of carbonyl (C=O) groups is 2. The highest BCUT2D eigenvalue weighted by Gasteiger charge is 2.08. The van der Waals surface area contributed by atoms with E-state index in [-0.39, 0.29) is 12.3 Å². The standard InChI is InChI=1S/C24H21N3O3/c28-14-4-13-27-23-16-20(10-9-19(23)17-25-27)26-24(29)15-18-7-11-22(12-8-18)30-21-5-2-1-3-6-21/h1-3,5-12,14,16-17H,4,13,15H2,(H,26,29). The van der Waals surface area contributed by atoms with Gasteiger partial charge in [-0.15, -0.1) is 0 Å². The Hall–Kier alpha value is -3.93. The number of amides is 1. The summed E-state index contributed by atoms with van der Waals surface area (Å²) in [7, 11) is 0. The van der Waals surface area contributed by atoms with Gasteiger partial charge in [-0.25, -0.2) is 0 Å². The number of anilines is 1. The van der Waals surface area contributed by atoms with Crippen molar-refractivity contribution in [1.82, 2.24) is 9.78 Å². The number of nitrogens with zero attached hydrogens (tertiary/aromatic N) is 2. The lowest BCUT2D eigenvalue weighted by molar-refractivity contribution is -0.115. The highest BCUT2D eigenvalue weighted by molar-refractivity contribution is 5.94. The molecule has 1 amide bonds. The zero-order valence-corrected chi connectivity index (χ0v) is 16.3. The summed E-state index contributed by atoms with van der Waals surface area (Å²) in [4.78, 5) is 23.1. The Morgan fingerprint density at radius 1 is 1.00 bits per heavy atom. The smallest absolute Gasteiger partial charge is 0.228 e. The first-order chi connectivity index (χ1) is 14.7. The number of fused-ring (bicyclic) bond motifs is 1. The van der Waals surface area contributed by atoms with Crippen molar-refractivity contribution in [1.29, 1.82) is 0 Å². The minimum atomic E-state index is -0.106. The van der Waals surface area contributed by atoms with Crippen molar-refractivity contribution in [3.63, 3.8) is 0 Å². The van der Waals surface area contributed by atoms with Crippen molar-refractivity contribution in [2.45, 2.75) is 19.4 Å². The molecule has 6 nitrogen and oxygen atoms in total. The number of rotatable bonds is 8. The molecular weight excluding hydrogens is 378 g/mol. The zero-order valence-electron chi connectivity index (χ0n) is 16.3. The highest BCUT2D eigenvalue weighted by atomic mass is 16.5. The van der Waals surface area contributed by atoms with Gasteiger partial charge in [0.1, 0.15) is 17.8 Å². The Bertz CT molecular complexity index is 1150. The maximum Gasteiger partial charge on any atom is 0.228 e. The molecule has 0 saturated carbocycles. The molecule has 0 unspecified atom stereocenters. The SMILES string of the molecule is O=CCCn1ncc2ccc(NC(=O)Cc3ccc(Oc4ccccc4)cc3)cc21. The van der Waals surface area contributed by atoms with Crippen LogP contribution < -0.4 is 10.1 Å². The second-order valence-corrected chi connectivity index (χ2v) is 6.88. The molecule has 1 aromatic heterocycles. The van der Waals surface area contributed by atoms with E-state index < -0.39 is 0 Å². The van der Waals surface area contributed by atoms with E-state index in [1.165, 1.54) is 0 Å². The number of aldehydes is 1. The first-order valence-electron chi connectivity index (χ1n) is 9.72. The summed E-state index contributed by atoms with van der Waals surface area (Å²) in [5.41, 5.74) is 2.48. The van der Waals surface area contributed by atoms with Gasteiger partial charge in [-0.1, -0.05) is 30.3 Å². The van der Waals surface area contributed by atoms with Gasteiger partial charge in [-0.2, -0.15) is 5.10 Å². The fourth-order valence-corrected chi connectivity index (χ4v) is 3.19. The number of aryl methyl sites for hydroxylation is 1. The molecule has 30 heavy (non-hydrogen) atoms. The van der Waals surface area contributed by atoms with E-state index >= 15 is 0 Å². The molecular formula is C24H21N3O3. The predicted molar refractivity (Wildman–Crippen MR) is 116 cm³/mol. The number of hydrogen-bond donors (Lipinski definition) is 1. The summed E-state index contributed by atoms with van der Waals surface area (Å²) < 4.78 is 7.54. The molecule has 0 aliphatic heterocycles. The molecule has 1 N–H and O–H groups in total. The molecule has 0 atom stereocenters. The maximum atomic E-state index is 12.5. The summed E-state index contributed by atoms with van der Waals surface area (Å²) in [5, 5.41) is 8.19. The number of aromatic nitrogens is 2. The topological polar surface area (TPSA) is 73.2 Å². The lowest BCUT2D eigenvalue weighted by Crippen LogP contribution is -2.14. The fourth-order valence-electron chi connectivity index (χ4n) is 3.19. The maximum absolute atomic E-state index is 12.5. The first-order valence-corrected chi connectivity index (χ1v) is 9.72.